The summed E-state index contributed by atoms with van der Waals surface area (Å²) in [6.07, 6.45) is -0.208. The summed E-state index contributed by atoms with van der Waals surface area (Å²) in [6, 6.07) is 4.63. The van der Waals surface area contributed by atoms with Crippen LogP contribution in [0.3, 0.4) is 0 Å². The Bertz CT molecular complexity index is 445. The highest BCUT2D eigenvalue weighted by atomic mass is 16.6. The molecule has 0 radical (unpaired) electrons. The van der Waals surface area contributed by atoms with Gasteiger partial charge in [-0.25, -0.2) is 0 Å². The van der Waals surface area contributed by atoms with Crippen molar-refractivity contribution in [2.75, 3.05) is 6.54 Å². The maximum absolute atomic E-state index is 10.9. The molecule has 1 atom stereocenters. The number of hydrogen-bond donors (Lipinski definition) is 2. The van der Waals surface area contributed by atoms with Crippen LogP contribution >= 0.6 is 0 Å². The molecule has 0 aliphatic rings. The fourth-order valence-corrected chi connectivity index (χ4v) is 1.70. The van der Waals surface area contributed by atoms with Crippen molar-refractivity contribution in [1.82, 2.24) is 0 Å². The number of aryl methyl sites for hydroxylation is 1. The molecular formula is C11H14N2O4. The molecule has 0 saturated carbocycles. The highest BCUT2D eigenvalue weighted by Crippen LogP contribution is 2.29. The molecular weight excluding hydrogens is 224 g/mol. The Morgan fingerprint density at radius 1 is 1.59 bits per heavy atom. The smallest absolute Gasteiger partial charge is 0.304 e. The average Bonchev–Trinajstić information content (AvgIpc) is 2.25. The first-order valence-corrected chi connectivity index (χ1v) is 5.12. The maximum atomic E-state index is 10.9. The Kier molecular flexibility index (Phi) is 4.17. The summed E-state index contributed by atoms with van der Waals surface area (Å²) in [4.78, 5) is 21.0. The number of benzene rings is 1. The van der Waals surface area contributed by atoms with Crippen LogP contribution in [0.15, 0.2) is 18.2 Å². The normalized spacial score (nSPS) is 12.1. The van der Waals surface area contributed by atoms with Gasteiger partial charge in [0.2, 0.25) is 0 Å². The highest BCUT2D eigenvalue weighted by Gasteiger charge is 2.23. The monoisotopic (exact) mass is 238 g/mol. The van der Waals surface area contributed by atoms with E-state index < -0.39 is 16.8 Å². The standard InChI is InChI=1S/C11H14N2O4/c1-7-2-3-10(13(16)17)9(4-7)8(6-12)5-11(14)15/h2-4,8H,5-6,12H2,1H3,(H,14,15). The van der Waals surface area contributed by atoms with Gasteiger partial charge in [0.15, 0.2) is 0 Å². The Labute approximate surface area is 98.2 Å². The molecule has 0 aliphatic carbocycles. The van der Waals surface area contributed by atoms with Crippen LogP contribution in [0.4, 0.5) is 5.69 Å². The zero-order valence-corrected chi connectivity index (χ0v) is 9.42. The number of carbonyl (C=O) groups is 1. The van der Waals surface area contributed by atoms with Crippen LogP contribution in [0.25, 0.3) is 0 Å². The van der Waals surface area contributed by atoms with Crippen molar-refractivity contribution in [3.05, 3.63) is 39.4 Å². The van der Waals surface area contributed by atoms with Crippen LogP contribution in [0.5, 0.6) is 0 Å². The minimum Gasteiger partial charge on any atom is -0.481 e. The minimum absolute atomic E-state index is 0.0661. The van der Waals surface area contributed by atoms with Crippen LogP contribution in [-0.4, -0.2) is 22.5 Å². The van der Waals surface area contributed by atoms with Gasteiger partial charge in [0.05, 0.1) is 11.3 Å². The molecule has 92 valence electrons. The van der Waals surface area contributed by atoms with Gasteiger partial charge in [-0.05, 0) is 13.0 Å². The number of nitrogens with zero attached hydrogens (tertiary/aromatic N) is 1. The van der Waals surface area contributed by atoms with Crippen LogP contribution in [0, 0.1) is 17.0 Å². The van der Waals surface area contributed by atoms with Gasteiger partial charge in [-0.1, -0.05) is 11.6 Å². The van der Waals surface area contributed by atoms with Gasteiger partial charge in [0, 0.05) is 24.1 Å². The Balaban J connectivity index is 3.20. The van der Waals surface area contributed by atoms with Crippen molar-refractivity contribution >= 4 is 11.7 Å². The second kappa shape index (κ2) is 5.40. The molecule has 1 aromatic rings. The summed E-state index contributed by atoms with van der Waals surface area (Å²) in [5.41, 5.74) is 6.64. The molecule has 6 heteroatoms. The number of nitro benzene ring substituents is 1. The van der Waals surface area contributed by atoms with E-state index in [9.17, 15) is 14.9 Å². The van der Waals surface area contributed by atoms with Crippen molar-refractivity contribution < 1.29 is 14.8 Å². The summed E-state index contributed by atoms with van der Waals surface area (Å²) in [6.45, 7) is 1.86. The molecule has 0 aromatic heterocycles. The third-order valence-electron chi connectivity index (χ3n) is 2.53. The first-order chi connectivity index (χ1) is 7.95. The van der Waals surface area contributed by atoms with Gasteiger partial charge in [-0.2, -0.15) is 0 Å². The van der Waals surface area contributed by atoms with Crippen molar-refractivity contribution in [3.63, 3.8) is 0 Å². The minimum atomic E-state index is -1.02. The predicted octanol–water partition coefficient (Wildman–Crippen LogP) is 1.42. The average molecular weight is 238 g/mol. The SMILES string of the molecule is Cc1ccc([N+](=O)[O-])c(C(CN)CC(=O)O)c1. The fourth-order valence-electron chi connectivity index (χ4n) is 1.70. The van der Waals surface area contributed by atoms with Gasteiger partial charge < -0.3 is 10.8 Å². The van der Waals surface area contributed by atoms with E-state index in [1.165, 1.54) is 6.07 Å². The number of carboxylic acid groups (broad SMARTS) is 1. The van der Waals surface area contributed by atoms with Crippen molar-refractivity contribution in [2.24, 2.45) is 5.73 Å². The Morgan fingerprint density at radius 2 is 2.24 bits per heavy atom. The fraction of sp³-hybridized carbons (Fsp3) is 0.364. The maximum Gasteiger partial charge on any atom is 0.304 e. The Hall–Kier alpha value is -1.95. The van der Waals surface area contributed by atoms with Gasteiger partial charge >= 0.3 is 5.97 Å². The third kappa shape index (κ3) is 3.25. The summed E-state index contributed by atoms with van der Waals surface area (Å²) in [5, 5.41) is 19.6. The van der Waals surface area contributed by atoms with Gasteiger partial charge in [0.25, 0.3) is 5.69 Å². The van der Waals surface area contributed by atoms with Gasteiger partial charge in [0.1, 0.15) is 0 Å². The number of hydrogen-bond acceptors (Lipinski definition) is 4. The number of aliphatic carboxylic acids is 1. The predicted molar refractivity (Wildman–Crippen MR) is 61.9 cm³/mol. The van der Waals surface area contributed by atoms with Crippen LogP contribution in [0.2, 0.25) is 0 Å². The molecule has 0 aliphatic heterocycles. The summed E-state index contributed by atoms with van der Waals surface area (Å²) >= 11 is 0. The largest absolute Gasteiger partial charge is 0.481 e. The molecule has 1 rings (SSSR count). The summed E-state index contributed by atoms with van der Waals surface area (Å²) < 4.78 is 0. The van der Waals surface area contributed by atoms with E-state index in [2.05, 4.69) is 0 Å². The van der Waals surface area contributed by atoms with E-state index in [1.54, 1.807) is 19.1 Å². The zero-order valence-electron chi connectivity index (χ0n) is 9.42. The molecule has 6 nitrogen and oxygen atoms in total. The number of nitro groups is 1. The first kappa shape index (κ1) is 13.1. The summed E-state index contributed by atoms with van der Waals surface area (Å²) in [5.74, 6) is -1.55. The lowest BCUT2D eigenvalue weighted by Gasteiger charge is -2.13. The van der Waals surface area contributed by atoms with E-state index in [4.69, 9.17) is 10.8 Å². The van der Waals surface area contributed by atoms with Crippen molar-refractivity contribution in [1.29, 1.82) is 0 Å². The molecule has 3 N–H and O–H groups in total. The second-order valence-electron chi connectivity index (χ2n) is 3.85. The van der Waals surface area contributed by atoms with Crippen LogP contribution in [-0.2, 0) is 4.79 Å². The van der Waals surface area contributed by atoms with E-state index in [-0.39, 0.29) is 18.7 Å². The molecule has 1 aromatic carbocycles. The molecule has 0 fully saturated rings. The molecule has 0 bridgehead atoms. The quantitative estimate of drug-likeness (QED) is 0.596. The zero-order chi connectivity index (χ0) is 13.0. The van der Waals surface area contributed by atoms with Crippen LogP contribution in [0.1, 0.15) is 23.5 Å². The van der Waals surface area contributed by atoms with E-state index in [0.29, 0.717) is 5.56 Å². The van der Waals surface area contributed by atoms with E-state index in [1.807, 2.05) is 0 Å². The van der Waals surface area contributed by atoms with Crippen LogP contribution < -0.4 is 5.73 Å². The molecule has 0 heterocycles. The van der Waals surface area contributed by atoms with Gasteiger partial charge in [-0.15, -0.1) is 0 Å². The molecule has 17 heavy (non-hydrogen) atoms. The van der Waals surface area contributed by atoms with Crippen molar-refractivity contribution in [3.8, 4) is 0 Å². The molecule has 0 spiro atoms. The highest BCUT2D eigenvalue weighted by molar-refractivity contribution is 5.68. The molecule has 1 unspecified atom stereocenters. The first-order valence-electron chi connectivity index (χ1n) is 5.12. The Morgan fingerprint density at radius 3 is 2.71 bits per heavy atom. The molecule has 0 amide bonds. The van der Waals surface area contributed by atoms with E-state index >= 15 is 0 Å². The number of carboxylic acids is 1. The number of nitrogens with two attached hydrogens (primary N) is 1. The summed E-state index contributed by atoms with van der Waals surface area (Å²) in [7, 11) is 0. The lowest BCUT2D eigenvalue weighted by molar-refractivity contribution is -0.385. The molecule has 0 saturated heterocycles. The van der Waals surface area contributed by atoms with Crippen molar-refractivity contribution in [2.45, 2.75) is 19.3 Å². The lowest BCUT2D eigenvalue weighted by atomic mass is 9.93. The third-order valence-corrected chi connectivity index (χ3v) is 2.53. The topological polar surface area (TPSA) is 106 Å². The lowest BCUT2D eigenvalue weighted by Crippen LogP contribution is -2.17. The second-order valence-corrected chi connectivity index (χ2v) is 3.85. The van der Waals surface area contributed by atoms with Gasteiger partial charge in [-0.3, -0.25) is 14.9 Å². The number of rotatable bonds is 5. The van der Waals surface area contributed by atoms with E-state index in [0.717, 1.165) is 5.56 Å².